The number of piperidine rings is 1. The Bertz CT molecular complexity index is 973. The maximum absolute atomic E-state index is 13.1. The number of methoxy groups -OCH3 is 2. The molecule has 3 rings (SSSR count). The van der Waals surface area contributed by atoms with Gasteiger partial charge in [-0.1, -0.05) is 6.07 Å². The molecule has 0 amide bonds. The molecular weight excluding hydrogens is 420 g/mol. The van der Waals surface area contributed by atoms with Crippen LogP contribution in [0.3, 0.4) is 0 Å². The van der Waals surface area contributed by atoms with Gasteiger partial charge in [-0.05, 0) is 76.9 Å². The molecule has 0 spiro atoms. The number of esters is 1. The molecule has 1 aliphatic heterocycles. The van der Waals surface area contributed by atoms with Gasteiger partial charge in [-0.2, -0.15) is 0 Å². The van der Waals surface area contributed by atoms with Gasteiger partial charge in [0, 0.05) is 23.5 Å². The van der Waals surface area contributed by atoms with E-state index in [-0.39, 0.29) is 17.7 Å². The van der Waals surface area contributed by atoms with E-state index in [1.165, 1.54) is 0 Å². The molecule has 1 aliphatic rings. The Morgan fingerprint density at radius 3 is 2.36 bits per heavy atom. The highest BCUT2D eigenvalue weighted by Crippen LogP contribution is 2.28. The molecule has 1 fully saturated rings. The van der Waals surface area contributed by atoms with E-state index in [2.05, 4.69) is 9.47 Å². The number of ketones is 1. The zero-order valence-electron chi connectivity index (χ0n) is 20.5. The molecule has 33 heavy (non-hydrogen) atoms. The lowest BCUT2D eigenvalue weighted by atomic mass is 9.96. The van der Waals surface area contributed by atoms with Gasteiger partial charge in [0.25, 0.3) is 0 Å². The number of carbonyl (C=O) groups excluding carboxylic acids is 2. The third kappa shape index (κ3) is 5.96. The summed E-state index contributed by atoms with van der Waals surface area (Å²) in [4.78, 5) is 27.2. The molecule has 0 unspecified atom stereocenters. The molecule has 0 aliphatic carbocycles. The molecule has 0 bridgehead atoms. The first-order valence-electron chi connectivity index (χ1n) is 11.7. The number of Topliss-reactive ketones (excluding diaryl/α,β-unsaturated/α-hetero) is 1. The summed E-state index contributed by atoms with van der Waals surface area (Å²) in [7, 11) is 3.27. The van der Waals surface area contributed by atoms with Gasteiger partial charge in [-0.15, -0.1) is 0 Å². The van der Waals surface area contributed by atoms with E-state index < -0.39 is 0 Å². The SMILES string of the molecule is CCOC(=O)C1CCN(CC(=O)c2cc(C)n(CCc3ccc(OC)c(OC)c3)c2C)CC1. The van der Waals surface area contributed by atoms with Crippen LogP contribution in [0.5, 0.6) is 11.5 Å². The molecule has 7 heteroatoms. The minimum Gasteiger partial charge on any atom is -0.493 e. The molecule has 1 aromatic carbocycles. The van der Waals surface area contributed by atoms with Crippen LogP contribution in [0.2, 0.25) is 0 Å². The third-order valence-corrected chi connectivity index (χ3v) is 6.52. The summed E-state index contributed by atoms with van der Waals surface area (Å²) < 4.78 is 18.1. The first-order valence-corrected chi connectivity index (χ1v) is 11.7. The number of ether oxygens (including phenoxy) is 3. The van der Waals surface area contributed by atoms with Crippen molar-refractivity contribution in [2.75, 3.05) is 40.5 Å². The molecule has 0 atom stereocenters. The number of aryl methyl sites for hydroxylation is 2. The Morgan fingerprint density at radius 1 is 1.03 bits per heavy atom. The predicted molar refractivity (Wildman–Crippen MR) is 127 cm³/mol. The molecule has 7 nitrogen and oxygen atoms in total. The molecular formula is C26H36N2O5. The van der Waals surface area contributed by atoms with E-state index in [0.29, 0.717) is 18.9 Å². The first-order chi connectivity index (χ1) is 15.9. The molecule has 180 valence electrons. The van der Waals surface area contributed by atoms with Crippen LogP contribution < -0.4 is 9.47 Å². The second-order valence-electron chi connectivity index (χ2n) is 8.60. The zero-order chi connectivity index (χ0) is 24.0. The molecule has 1 aromatic heterocycles. The summed E-state index contributed by atoms with van der Waals surface area (Å²) in [6, 6.07) is 7.96. The third-order valence-electron chi connectivity index (χ3n) is 6.52. The molecule has 1 saturated heterocycles. The van der Waals surface area contributed by atoms with Crippen molar-refractivity contribution in [1.29, 1.82) is 0 Å². The van der Waals surface area contributed by atoms with E-state index >= 15 is 0 Å². The van der Waals surface area contributed by atoms with Crippen LogP contribution in [0.25, 0.3) is 0 Å². The number of aromatic nitrogens is 1. The molecule has 0 radical (unpaired) electrons. The Hall–Kier alpha value is -2.80. The van der Waals surface area contributed by atoms with Crippen molar-refractivity contribution in [2.24, 2.45) is 5.92 Å². The fraction of sp³-hybridized carbons (Fsp3) is 0.538. The number of benzene rings is 1. The normalized spacial score (nSPS) is 14.8. The lowest BCUT2D eigenvalue weighted by Gasteiger charge is -2.30. The van der Waals surface area contributed by atoms with Gasteiger partial charge in [-0.25, -0.2) is 0 Å². The van der Waals surface area contributed by atoms with E-state index in [9.17, 15) is 9.59 Å². The Balaban J connectivity index is 1.60. The van der Waals surface area contributed by atoms with Gasteiger partial charge in [0.2, 0.25) is 0 Å². The average Bonchev–Trinajstić information content (AvgIpc) is 3.11. The van der Waals surface area contributed by atoms with Gasteiger partial charge in [0.1, 0.15) is 0 Å². The second kappa shape index (κ2) is 11.4. The van der Waals surface area contributed by atoms with Crippen LogP contribution in [0.1, 0.15) is 47.1 Å². The van der Waals surface area contributed by atoms with Gasteiger partial charge >= 0.3 is 5.97 Å². The standard InChI is InChI=1S/C26H36N2O5/c1-6-33-26(30)21-10-12-27(13-11-21)17-23(29)22-15-18(2)28(19(22)3)14-9-20-7-8-24(31-4)25(16-20)32-5/h7-8,15-16,21H,6,9-14,17H2,1-5H3. The topological polar surface area (TPSA) is 70.0 Å². The second-order valence-corrected chi connectivity index (χ2v) is 8.60. The summed E-state index contributed by atoms with van der Waals surface area (Å²) in [6.45, 7) is 8.96. The highest BCUT2D eigenvalue weighted by atomic mass is 16.5. The van der Waals surface area contributed by atoms with Crippen molar-refractivity contribution in [3.05, 3.63) is 46.8 Å². The molecule has 0 N–H and O–H groups in total. The number of rotatable bonds is 10. The van der Waals surface area contributed by atoms with E-state index in [1.54, 1.807) is 14.2 Å². The molecule has 2 heterocycles. The van der Waals surface area contributed by atoms with Crippen molar-refractivity contribution >= 4 is 11.8 Å². The lowest BCUT2D eigenvalue weighted by molar-refractivity contribution is -0.149. The summed E-state index contributed by atoms with van der Waals surface area (Å²) in [5.74, 6) is 1.42. The Kier molecular flexibility index (Phi) is 8.55. The maximum atomic E-state index is 13.1. The van der Waals surface area contributed by atoms with E-state index in [1.807, 2.05) is 45.0 Å². The fourth-order valence-corrected chi connectivity index (χ4v) is 4.58. The maximum Gasteiger partial charge on any atom is 0.309 e. The number of hydrogen-bond acceptors (Lipinski definition) is 6. The quantitative estimate of drug-likeness (QED) is 0.400. The number of carbonyl (C=O) groups is 2. The van der Waals surface area contributed by atoms with Gasteiger partial charge in [-0.3, -0.25) is 14.5 Å². The number of likely N-dealkylation sites (tertiary alicyclic amines) is 1. The summed E-state index contributed by atoms with van der Waals surface area (Å²) in [5.41, 5.74) is 4.02. The largest absolute Gasteiger partial charge is 0.493 e. The van der Waals surface area contributed by atoms with Crippen LogP contribution in [-0.2, 0) is 22.5 Å². The minimum atomic E-state index is -0.110. The highest BCUT2D eigenvalue weighted by molar-refractivity contribution is 5.99. The van der Waals surface area contributed by atoms with Gasteiger partial charge in [0.05, 0.1) is 33.3 Å². The molecule has 2 aromatic rings. The van der Waals surface area contributed by atoms with Crippen molar-refractivity contribution in [3.8, 4) is 11.5 Å². The fourth-order valence-electron chi connectivity index (χ4n) is 4.58. The number of nitrogens with zero attached hydrogens (tertiary/aromatic N) is 2. The van der Waals surface area contributed by atoms with Crippen molar-refractivity contribution in [1.82, 2.24) is 9.47 Å². The van der Waals surface area contributed by atoms with Gasteiger partial charge < -0.3 is 18.8 Å². The Morgan fingerprint density at radius 2 is 1.73 bits per heavy atom. The van der Waals surface area contributed by atoms with Crippen LogP contribution in [-0.4, -0.2) is 61.7 Å². The Labute approximate surface area is 196 Å². The first kappa shape index (κ1) is 24.8. The van der Waals surface area contributed by atoms with Crippen molar-refractivity contribution in [2.45, 2.75) is 46.6 Å². The van der Waals surface area contributed by atoms with Gasteiger partial charge in [0.15, 0.2) is 17.3 Å². The average molecular weight is 457 g/mol. The molecule has 0 saturated carbocycles. The van der Waals surface area contributed by atoms with Crippen LogP contribution in [0.4, 0.5) is 0 Å². The van der Waals surface area contributed by atoms with Crippen molar-refractivity contribution < 1.29 is 23.8 Å². The van der Waals surface area contributed by atoms with E-state index in [4.69, 9.17) is 14.2 Å². The summed E-state index contributed by atoms with van der Waals surface area (Å²) in [6.07, 6.45) is 2.32. The van der Waals surface area contributed by atoms with Crippen LogP contribution in [0.15, 0.2) is 24.3 Å². The smallest absolute Gasteiger partial charge is 0.309 e. The van der Waals surface area contributed by atoms with E-state index in [0.717, 1.165) is 67.2 Å². The number of hydrogen-bond donors (Lipinski definition) is 0. The van der Waals surface area contributed by atoms with Crippen LogP contribution in [0, 0.1) is 19.8 Å². The van der Waals surface area contributed by atoms with Crippen LogP contribution >= 0.6 is 0 Å². The lowest BCUT2D eigenvalue weighted by Crippen LogP contribution is -2.39. The zero-order valence-corrected chi connectivity index (χ0v) is 20.5. The highest BCUT2D eigenvalue weighted by Gasteiger charge is 2.27. The predicted octanol–water partition coefficient (Wildman–Crippen LogP) is 3.82. The monoisotopic (exact) mass is 456 g/mol. The van der Waals surface area contributed by atoms with Crippen molar-refractivity contribution in [3.63, 3.8) is 0 Å². The minimum absolute atomic E-state index is 0.0436. The summed E-state index contributed by atoms with van der Waals surface area (Å²) >= 11 is 0. The summed E-state index contributed by atoms with van der Waals surface area (Å²) in [5, 5.41) is 0.